The number of amides is 3. The Labute approximate surface area is 222 Å². The first-order chi connectivity index (χ1) is 17.9. The second-order valence-corrected chi connectivity index (χ2v) is 11.2. The number of ether oxygens (including phenoxy) is 1. The Hall–Kier alpha value is -3.65. The molecule has 2 bridgehead atoms. The lowest BCUT2D eigenvalue weighted by atomic mass is 10.0. The Morgan fingerprint density at radius 1 is 1.24 bits per heavy atom. The predicted octanol–water partition coefficient (Wildman–Crippen LogP) is 2.14. The Balaban J connectivity index is 1.47. The summed E-state index contributed by atoms with van der Waals surface area (Å²) in [4.78, 5) is 55.9. The number of piperazine rings is 1. The summed E-state index contributed by atoms with van der Waals surface area (Å²) >= 11 is 0. The number of hydrogen-bond acceptors (Lipinski definition) is 7. The molecule has 0 aliphatic carbocycles. The fraction of sp³-hybridized carbons (Fsp3) is 0.593. The molecule has 0 aromatic heterocycles. The van der Waals surface area contributed by atoms with E-state index in [4.69, 9.17) is 9.84 Å². The van der Waals surface area contributed by atoms with Crippen molar-refractivity contribution in [1.82, 2.24) is 20.0 Å². The zero-order valence-electron chi connectivity index (χ0n) is 22.2. The molecule has 11 heteroatoms. The first kappa shape index (κ1) is 27.4. The summed E-state index contributed by atoms with van der Waals surface area (Å²) in [7, 11) is 0. The second kappa shape index (κ2) is 10.6. The van der Waals surface area contributed by atoms with E-state index in [-0.39, 0.29) is 36.0 Å². The van der Waals surface area contributed by atoms with Crippen molar-refractivity contribution in [3.8, 4) is 6.07 Å². The summed E-state index contributed by atoms with van der Waals surface area (Å²) in [6, 6.07) is 6.46. The molecule has 38 heavy (non-hydrogen) atoms. The molecule has 1 aromatic carbocycles. The van der Waals surface area contributed by atoms with Gasteiger partial charge in [-0.3, -0.25) is 14.5 Å². The Morgan fingerprint density at radius 2 is 1.92 bits per heavy atom. The minimum Gasteiger partial charge on any atom is -0.478 e. The van der Waals surface area contributed by atoms with Crippen LogP contribution in [-0.4, -0.2) is 93.1 Å². The molecule has 3 heterocycles. The molecule has 0 spiro atoms. The van der Waals surface area contributed by atoms with Crippen molar-refractivity contribution in [1.29, 1.82) is 5.26 Å². The molecule has 0 saturated carbocycles. The van der Waals surface area contributed by atoms with Crippen molar-refractivity contribution in [3.05, 3.63) is 35.4 Å². The number of fused-ring (bicyclic) bond motifs is 2. The number of hydrogen-bond donors (Lipinski definition) is 2. The molecular weight excluding hydrogens is 490 g/mol. The Morgan fingerprint density at radius 3 is 2.50 bits per heavy atom. The zero-order chi connectivity index (χ0) is 27.8. The average Bonchev–Trinajstić information content (AvgIpc) is 3.56. The summed E-state index contributed by atoms with van der Waals surface area (Å²) in [5.41, 5.74) is 0.285. The van der Waals surface area contributed by atoms with E-state index in [2.05, 4.69) is 11.4 Å². The van der Waals surface area contributed by atoms with Gasteiger partial charge in [-0.1, -0.05) is 12.1 Å². The van der Waals surface area contributed by atoms with Gasteiger partial charge in [-0.25, -0.2) is 9.59 Å². The number of carbonyl (C=O) groups is 4. The van der Waals surface area contributed by atoms with Crippen molar-refractivity contribution >= 4 is 23.9 Å². The fourth-order valence-electron chi connectivity index (χ4n) is 5.70. The molecular formula is C27H35N5O6. The normalized spacial score (nSPS) is 24.7. The Bertz CT molecular complexity index is 1140. The van der Waals surface area contributed by atoms with Crippen LogP contribution in [0.15, 0.2) is 24.3 Å². The van der Waals surface area contributed by atoms with Crippen LogP contribution < -0.4 is 5.32 Å². The SMILES string of the molecule is CC(c1ccc(C(=O)O)cc1)N1C(=O)C2C[C@H]1CN2CC(NC(=O)OC(C)(C)C)C(=O)N1CCCC1C#N. The molecule has 4 rings (SSSR count). The lowest BCUT2D eigenvalue weighted by molar-refractivity contribution is -0.141. The van der Waals surface area contributed by atoms with E-state index in [1.165, 1.54) is 17.0 Å². The van der Waals surface area contributed by atoms with Crippen LogP contribution in [0.25, 0.3) is 0 Å². The highest BCUT2D eigenvalue weighted by molar-refractivity contribution is 5.89. The van der Waals surface area contributed by atoms with Crippen LogP contribution in [0.1, 0.15) is 68.9 Å². The number of nitrogens with one attached hydrogen (secondary N) is 1. The minimum absolute atomic E-state index is 0.0596. The molecule has 2 N–H and O–H groups in total. The van der Waals surface area contributed by atoms with Gasteiger partial charge in [0.05, 0.1) is 23.7 Å². The van der Waals surface area contributed by atoms with Crippen molar-refractivity contribution in [2.75, 3.05) is 19.6 Å². The number of benzene rings is 1. The highest BCUT2D eigenvalue weighted by atomic mass is 16.6. The van der Waals surface area contributed by atoms with Gasteiger partial charge in [-0.2, -0.15) is 5.26 Å². The largest absolute Gasteiger partial charge is 0.478 e. The summed E-state index contributed by atoms with van der Waals surface area (Å²) < 4.78 is 5.39. The third-order valence-corrected chi connectivity index (χ3v) is 7.46. The summed E-state index contributed by atoms with van der Waals surface area (Å²) in [5, 5.41) is 21.3. The first-order valence-electron chi connectivity index (χ1n) is 13.0. The van der Waals surface area contributed by atoms with Gasteiger partial charge >= 0.3 is 12.1 Å². The van der Waals surface area contributed by atoms with Gasteiger partial charge in [0.2, 0.25) is 11.8 Å². The standard InChI is InChI=1S/C27H35N5O6/c1-16(17-7-9-18(10-8-17)25(35)36)32-20-12-22(24(32)34)30(14-20)15-21(29-26(37)38-27(2,3)4)23(33)31-11-5-6-19(31)13-28/h7-10,16,19-22H,5-6,11-12,14-15H2,1-4H3,(H,29,37)(H,35,36)/t16?,19?,20-,21?,22?/m0/s1. The fourth-order valence-corrected chi connectivity index (χ4v) is 5.70. The number of nitrogens with zero attached hydrogens (tertiary/aromatic N) is 4. The van der Waals surface area contributed by atoms with E-state index in [0.29, 0.717) is 25.9 Å². The summed E-state index contributed by atoms with van der Waals surface area (Å²) in [5.74, 6) is -1.41. The minimum atomic E-state index is -1.00. The monoisotopic (exact) mass is 525 g/mol. The number of carboxylic acids is 1. The molecule has 3 aliphatic rings. The van der Waals surface area contributed by atoms with E-state index in [1.807, 2.05) is 16.7 Å². The number of alkyl carbamates (subject to hydrolysis) is 1. The smallest absolute Gasteiger partial charge is 0.408 e. The van der Waals surface area contributed by atoms with Gasteiger partial charge in [0.15, 0.2) is 0 Å². The van der Waals surface area contributed by atoms with E-state index >= 15 is 0 Å². The van der Waals surface area contributed by atoms with Crippen LogP contribution in [0.3, 0.4) is 0 Å². The molecule has 5 atom stereocenters. The van der Waals surface area contributed by atoms with Crippen LogP contribution in [-0.2, 0) is 14.3 Å². The second-order valence-electron chi connectivity index (χ2n) is 11.2. The molecule has 4 unspecified atom stereocenters. The number of aromatic carboxylic acids is 1. The lowest BCUT2D eigenvalue weighted by Gasteiger charge is -2.39. The molecule has 0 radical (unpaired) electrons. The maximum Gasteiger partial charge on any atom is 0.408 e. The van der Waals surface area contributed by atoms with Gasteiger partial charge < -0.3 is 25.0 Å². The zero-order valence-corrected chi connectivity index (χ0v) is 22.2. The van der Waals surface area contributed by atoms with Crippen molar-refractivity contribution in [2.45, 2.75) is 82.8 Å². The lowest BCUT2D eigenvalue weighted by Crippen LogP contribution is -2.59. The van der Waals surface area contributed by atoms with Gasteiger partial charge in [0, 0.05) is 25.7 Å². The molecule has 11 nitrogen and oxygen atoms in total. The number of carbonyl (C=O) groups excluding carboxylic acids is 3. The third kappa shape index (κ3) is 5.60. The van der Waals surface area contributed by atoms with Crippen LogP contribution in [0.5, 0.6) is 0 Å². The highest BCUT2D eigenvalue weighted by Gasteiger charge is 2.52. The quantitative estimate of drug-likeness (QED) is 0.551. The van der Waals surface area contributed by atoms with Gasteiger partial charge in [0.25, 0.3) is 0 Å². The Kier molecular flexibility index (Phi) is 7.65. The van der Waals surface area contributed by atoms with E-state index < -0.39 is 35.8 Å². The van der Waals surface area contributed by atoms with Crippen molar-refractivity contribution in [3.63, 3.8) is 0 Å². The number of rotatable bonds is 7. The van der Waals surface area contributed by atoms with Gasteiger partial charge in [-0.15, -0.1) is 0 Å². The van der Waals surface area contributed by atoms with Crippen LogP contribution >= 0.6 is 0 Å². The maximum atomic E-state index is 13.5. The van der Waals surface area contributed by atoms with E-state index in [9.17, 15) is 24.4 Å². The molecule has 3 amide bonds. The summed E-state index contributed by atoms with van der Waals surface area (Å²) in [6.07, 6.45) is 1.19. The molecule has 1 aromatic rings. The van der Waals surface area contributed by atoms with E-state index in [1.54, 1.807) is 32.9 Å². The maximum absolute atomic E-state index is 13.5. The topological polar surface area (TPSA) is 143 Å². The van der Waals surface area contributed by atoms with E-state index in [0.717, 1.165) is 12.0 Å². The third-order valence-electron chi connectivity index (χ3n) is 7.46. The number of nitriles is 1. The molecule has 3 fully saturated rings. The number of carboxylic acid groups (broad SMARTS) is 1. The average molecular weight is 526 g/mol. The highest BCUT2D eigenvalue weighted by Crippen LogP contribution is 2.38. The summed E-state index contributed by atoms with van der Waals surface area (Å²) in [6.45, 7) is 8.24. The van der Waals surface area contributed by atoms with Crippen LogP contribution in [0.4, 0.5) is 4.79 Å². The van der Waals surface area contributed by atoms with Gasteiger partial charge in [-0.05, 0) is 64.7 Å². The number of likely N-dealkylation sites (tertiary alicyclic amines) is 3. The molecule has 204 valence electrons. The molecule has 3 saturated heterocycles. The van der Waals surface area contributed by atoms with Crippen molar-refractivity contribution in [2.24, 2.45) is 0 Å². The molecule has 3 aliphatic heterocycles. The predicted molar refractivity (Wildman–Crippen MR) is 136 cm³/mol. The van der Waals surface area contributed by atoms with Crippen LogP contribution in [0, 0.1) is 11.3 Å². The van der Waals surface area contributed by atoms with Crippen molar-refractivity contribution < 1.29 is 29.0 Å². The van der Waals surface area contributed by atoms with Crippen LogP contribution in [0.2, 0.25) is 0 Å². The van der Waals surface area contributed by atoms with Gasteiger partial charge in [0.1, 0.15) is 17.7 Å². The first-order valence-corrected chi connectivity index (χ1v) is 13.0.